The molecule has 2 N–H and O–H groups in total. The van der Waals surface area contributed by atoms with Crippen LogP contribution in [0.4, 0.5) is 30.5 Å². The summed E-state index contributed by atoms with van der Waals surface area (Å²) in [7, 11) is 1.23. The smallest absolute Gasteiger partial charge is 0.419 e. The van der Waals surface area contributed by atoms with Gasteiger partial charge in [-0.2, -0.15) is 13.2 Å². The third kappa shape index (κ3) is 8.17. The molecule has 44 heavy (non-hydrogen) atoms. The van der Waals surface area contributed by atoms with Gasteiger partial charge in [-0.1, -0.05) is 12.1 Å². The van der Waals surface area contributed by atoms with Gasteiger partial charge in [-0.3, -0.25) is 9.10 Å². The first-order chi connectivity index (χ1) is 20.7. The Morgan fingerprint density at radius 1 is 1.18 bits per heavy atom. The molecule has 1 amide bonds. The number of sulfonamides is 1. The molecule has 1 atom stereocenters. The number of anilines is 3. The second-order valence-electron chi connectivity index (χ2n) is 11.0. The zero-order valence-corrected chi connectivity index (χ0v) is 26.1. The second kappa shape index (κ2) is 13.4. The van der Waals surface area contributed by atoms with Gasteiger partial charge in [0.1, 0.15) is 5.75 Å². The molecule has 14 heteroatoms. The number of aryl methyl sites for hydroxylation is 3. The number of benzene rings is 2. The first kappa shape index (κ1) is 33.0. The number of nitrogens with zero attached hydrogens (tertiary/aromatic N) is 4. The van der Waals surface area contributed by atoms with Gasteiger partial charge in [0.25, 0.3) is 5.91 Å². The summed E-state index contributed by atoms with van der Waals surface area (Å²) in [5, 5.41) is 5.95. The first-order valence-electron chi connectivity index (χ1n) is 14.1. The molecule has 1 fully saturated rings. The number of likely N-dealkylation sites (N-methyl/N-ethyl adjacent to an activating group) is 1. The maximum atomic E-state index is 13.9. The fourth-order valence-electron chi connectivity index (χ4n) is 5.12. The third-order valence-corrected chi connectivity index (χ3v) is 8.74. The Morgan fingerprint density at radius 2 is 1.93 bits per heavy atom. The van der Waals surface area contributed by atoms with Gasteiger partial charge in [-0.25, -0.2) is 18.4 Å². The first-order valence-corrected chi connectivity index (χ1v) is 15.9. The zero-order valence-electron chi connectivity index (χ0n) is 25.3. The van der Waals surface area contributed by atoms with Crippen LogP contribution in [0.2, 0.25) is 0 Å². The van der Waals surface area contributed by atoms with Gasteiger partial charge in [0.2, 0.25) is 16.0 Å². The molecule has 1 saturated heterocycles. The molecule has 2 aromatic carbocycles. The van der Waals surface area contributed by atoms with Gasteiger partial charge in [0, 0.05) is 31.4 Å². The van der Waals surface area contributed by atoms with Crippen LogP contribution in [0.3, 0.4) is 0 Å². The molecule has 2 heterocycles. The minimum absolute atomic E-state index is 0.0341. The molecule has 0 radical (unpaired) electrons. The standard InChI is InChI=1S/C30H37F3N6O4S/c1-19-8-9-20(26(15-19)39(3)44(5,41)42)10-12-24-23(30(31,32)33)17-34-29(36-24)37-25-13-11-21(16-27(25)43-4)28(40)35-22-7-6-14-38(2)18-22/h8-9,11,13,15-17,22H,6-7,10,12,14,18H2,1-5H3,(H,35,40)(H,34,36,37)/t22-/m1/s1. The number of carbonyl (C=O) groups is 1. The largest absolute Gasteiger partial charge is 0.495 e. The van der Waals surface area contributed by atoms with Gasteiger partial charge in [0.15, 0.2) is 0 Å². The molecule has 10 nitrogen and oxygen atoms in total. The Hall–Kier alpha value is -3.91. The number of likely N-dealkylation sites (tertiary alicyclic amines) is 1. The summed E-state index contributed by atoms with van der Waals surface area (Å²) in [6.45, 7) is 3.55. The van der Waals surface area contributed by atoms with Crippen molar-refractivity contribution in [3.05, 3.63) is 70.5 Å². The molecule has 0 bridgehead atoms. The number of amides is 1. The molecule has 0 aliphatic carbocycles. The van der Waals surface area contributed by atoms with E-state index in [9.17, 15) is 26.4 Å². The molecular formula is C30H37F3N6O4S. The van der Waals surface area contributed by atoms with Gasteiger partial charge in [-0.05, 0) is 81.6 Å². The molecule has 1 aliphatic heterocycles. The average Bonchev–Trinajstić information content (AvgIpc) is 2.95. The average molecular weight is 635 g/mol. The maximum Gasteiger partial charge on any atom is 0.419 e. The summed E-state index contributed by atoms with van der Waals surface area (Å²) in [4.78, 5) is 23.1. The van der Waals surface area contributed by atoms with E-state index in [-0.39, 0.29) is 42.2 Å². The van der Waals surface area contributed by atoms with Crippen LogP contribution < -0.4 is 19.7 Å². The van der Waals surface area contributed by atoms with Crippen LogP contribution in [-0.4, -0.2) is 75.8 Å². The van der Waals surface area contributed by atoms with Crippen molar-refractivity contribution in [3.63, 3.8) is 0 Å². The quantitative estimate of drug-likeness (QED) is 0.334. The lowest BCUT2D eigenvalue weighted by Crippen LogP contribution is -2.46. The Labute approximate surface area is 255 Å². The Morgan fingerprint density at radius 3 is 2.59 bits per heavy atom. The van der Waals surface area contributed by atoms with Crippen LogP contribution in [-0.2, 0) is 29.0 Å². The van der Waals surface area contributed by atoms with E-state index in [1.807, 2.05) is 7.05 Å². The lowest BCUT2D eigenvalue weighted by Gasteiger charge is -2.30. The van der Waals surface area contributed by atoms with E-state index in [2.05, 4.69) is 25.5 Å². The number of hydrogen-bond donors (Lipinski definition) is 2. The highest BCUT2D eigenvalue weighted by Gasteiger charge is 2.35. The van der Waals surface area contributed by atoms with Crippen molar-refractivity contribution in [1.29, 1.82) is 0 Å². The van der Waals surface area contributed by atoms with Crippen molar-refractivity contribution in [1.82, 2.24) is 20.2 Å². The Balaban J connectivity index is 1.57. The number of rotatable bonds is 10. The van der Waals surface area contributed by atoms with Crippen LogP contribution >= 0.6 is 0 Å². The van der Waals surface area contributed by atoms with Crippen LogP contribution in [0.15, 0.2) is 42.6 Å². The monoisotopic (exact) mass is 634 g/mol. The SMILES string of the molecule is COc1cc(C(=O)N[C@@H]2CCCN(C)C2)ccc1Nc1ncc(C(F)(F)F)c(CCc2ccc(C)cc2N(C)S(C)(=O)=O)n1. The predicted octanol–water partition coefficient (Wildman–Crippen LogP) is 4.56. The number of hydrogen-bond acceptors (Lipinski definition) is 8. The van der Waals surface area contributed by atoms with Crippen LogP contribution in [0.25, 0.3) is 0 Å². The van der Waals surface area contributed by atoms with Crippen molar-refractivity contribution in [2.45, 2.75) is 44.8 Å². The van der Waals surface area contributed by atoms with Crippen LogP contribution in [0.1, 0.15) is 45.6 Å². The summed E-state index contributed by atoms with van der Waals surface area (Å²) in [5.74, 6) is -0.0529. The van der Waals surface area contributed by atoms with Gasteiger partial charge in [0.05, 0.1) is 36.0 Å². The van der Waals surface area contributed by atoms with Crippen molar-refractivity contribution >= 4 is 33.3 Å². The number of nitrogens with one attached hydrogen (secondary N) is 2. The fourth-order valence-corrected chi connectivity index (χ4v) is 5.65. The lowest BCUT2D eigenvalue weighted by molar-refractivity contribution is -0.138. The molecule has 0 saturated carbocycles. The molecule has 4 rings (SSSR count). The molecular weight excluding hydrogens is 597 g/mol. The molecule has 0 spiro atoms. The highest BCUT2D eigenvalue weighted by atomic mass is 32.2. The number of halogens is 3. The van der Waals surface area contributed by atoms with Crippen molar-refractivity contribution in [2.75, 3.05) is 50.2 Å². The number of alkyl halides is 3. The Kier molecular flexibility index (Phi) is 10.0. The van der Waals surface area contributed by atoms with Crippen LogP contribution in [0.5, 0.6) is 5.75 Å². The van der Waals surface area contributed by atoms with E-state index < -0.39 is 21.8 Å². The second-order valence-corrected chi connectivity index (χ2v) is 13.0. The number of ether oxygens (including phenoxy) is 1. The van der Waals surface area contributed by atoms with Gasteiger partial charge >= 0.3 is 6.18 Å². The van der Waals surface area contributed by atoms with Crippen molar-refractivity contribution < 1.29 is 31.1 Å². The van der Waals surface area contributed by atoms with E-state index in [1.165, 1.54) is 14.2 Å². The summed E-state index contributed by atoms with van der Waals surface area (Å²) in [6.07, 6.45) is -1.07. The number of carbonyl (C=O) groups excluding carboxylic acids is 1. The van der Waals surface area contributed by atoms with E-state index >= 15 is 0 Å². The van der Waals surface area contributed by atoms with Crippen LogP contribution in [0, 0.1) is 6.92 Å². The van der Waals surface area contributed by atoms with Crippen molar-refractivity contribution in [3.8, 4) is 5.75 Å². The summed E-state index contributed by atoms with van der Waals surface area (Å²) < 4.78 is 72.8. The van der Waals surface area contributed by atoms with Crippen molar-refractivity contribution in [2.24, 2.45) is 0 Å². The number of methoxy groups -OCH3 is 1. The fraction of sp³-hybridized carbons (Fsp3) is 0.433. The van der Waals surface area contributed by atoms with E-state index in [1.54, 1.807) is 43.3 Å². The molecule has 1 aromatic heterocycles. The molecule has 3 aromatic rings. The highest BCUT2D eigenvalue weighted by Crippen LogP contribution is 2.34. The number of piperidine rings is 1. The van der Waals surface area contributed by atoms with E-state index in [0.29, 0.717) is 22.5 Å². The van der Waals surface area contributed by atoms with E-state index in [0.717, 1.165) is 48.3 Å². The topological polar surface area (TPSA) is 117 Å². The van der Waals surface area contributed by atoms with Gasteiger partial charge < -0.3 is 20.3 Å². The number of aromatic nitrogens is 2. The minimum Gasteiger partial charge on any atom is -0.495 e. The molecule has 1 aliphatic rings. The lowest BCUT2D eigenvalue weighted by atomic mass is 10.0. The van der Waals surface area contributed by atoms with E-state index in [4.69, 9.17) is 4.74 Å². The zero-order chi connectivity index (χ0) is 32.2. The summed E-state index contributed by atoms with van der Waals surface area (Å²) in [5.41, 5.74) is 1.25. The minimum atomic E-state index is -4.70. The Bertz CT molecular complexity index is 1620. The summed E-state index contributed by atoms with van der Waals surface area (Å²) in [6, 6.07) is 9.91. The maximum absolute atomic E-state index is 13.9. The van der Waals surface area contributed by atoms with Gasteiger partial charge in [-0.15, -0.1) is 0 Å². The highest BCUT2D eigenvalue weighted by molar-refractivity contribution is 7.92. The molecule has 238 valence electrons. The summed E-state index contributed by atoms with van der Waals surface area (Å²) >= 11 is 0. The molecule has 0 unspecified atom stereocenters. The predicted molar refractivity (Wildman–Crippen MR) is 163 cm³/mol. The normalized spacial score (nSPS) is 16.0. The third-order valence-electron chi connectivity index (χ3n) is 7.55.